The van der Waals surface area contributed by atoms with E-state index in [1.165, 1.54) is 12.7 Å². The Bertz CT molecular complexity index is 1020. The summed E-state index contributed by atoms with van der Waals surface area (Å²) in [5.74, 6) is -0.531. The van der Waals surface area contributed by atoms with Gasteiger partial charge >= 0.3 is 5.97 Å². The number of para-hydroxylation sites is 1. The number of hydrogen-bond acceptors (Lipinski definition) is 5. The zero-order chi connectivity index (χ0) is 16.5. The van der Waals surface area contributed by atoms with Crippen molar-refractivity contribution in [1.82, 2.24) is 24.9 Å². The number of aromatic amines is 2. The first kappa shape index (κ1) is 14.2. The minimum atomic E-state index is -0.952. The van der Waals surface area contributed by atoms with E-state index in [9.17, 15) is 9.90 Å². The van der Waals surface area contributed by atoms with Crippen molar-refractivity contribution in [3.05, 3.63) is 48.7 Å². The molecule has 8 nitrogen and oxygen atoms in total. The largest absolute Gasteiger partial charge is 0.480 e. The number of carbonyl (C=O) groups is 1. The summed E-state index contributed by atoms with van der Waals surface area (Å²) in [4.78, 5) is 30.0. The molecule has 0 saturated heterocycles. The quantitative estimate of drug-likeness (QED) is 0.446. The Morgan fingerprint density at radius 2 is 2.08 bits per heavy atom. The van der Waals surface area contributed by atoms with Crippen LogP contribution >= 0.6 is 0 Å². The number of nitrogens with zero attached hydrogens (tertiary/aromatic N) is 3. The van der Waals surface area contributed by atoms with Gasteiger partial charge in [-0.25, -0.2) is 19.7 Å². The van der Waals surface area contributed by atoms with Crippen LogP contribution in [0.25, 0.3) is 22.1 Å². The zero-order valence-corrected chi connectivity index (χ0v) is 12.5. The number of hydrogen-bond donors (Lipinski definition) is 4. The summed E-state index contributed by atoms with van der Waals surface area (Å²) in [5.41, 5.74) is 2.99. The summed E-state index contributed by atoms with van der Waals surface area (Å²) >= 11 is 0. The van der Waals surface area contributed by atoms with Crippen LogP contribution in [0.1, 0.15) is 5.56 Å². The van der Waals surface area contributed by atoms with Crippen LogP contribution in [0.15, 0.2) is 43.1 Å². The number of aromatic nitrogens is 5. The predicted molar refractivity (Wildman–Crippen MR) is 88.7 cm³/mol. The Labute approximate surface area is 136 Å². The van der Waals surface area contributed by atoms with Gasteiger partial charge in [0.05, 0.1) is 6.33 Å². The Kier molecular flexibility index (Phi) is 3.34. The van der Waals surface area contributed by atoms with Crippen LogP contribution in [-0.2, 0) is 11.2 Å². The minimum Gasteiger partial charge on any atom is -0.480 e. The van der Waals surface area contributed by atoms with Gasteiger partial charge in [0, 0.05) is 23.5 Å². The maximum atomic E-state index is 11.7. The van der Waals surface area contributed by atoms with E-state index in [2.05, 4.69) is 30.2 Å². The highest BCUT2D eigenvalue weighted by atomic mass is 16.4. The van der Waals surface area contributed by atoms with Gasteiger partial charge in [-0.2, -0.15) is 0 Å². The van der Waals surface area contributed by atoms with Crippen molar-refractivity contribution in [3.63, 3.8) is 0 Å². The molecule has 4 N–H and O–H groups in total. The van der Waals surface area contributed by atoms with Crippen molar-refractivity contribution in [3.8, 4) is 0 Å². The van der Waals surface area contributed by atoms with Crippen LogP contribution in [0, 0.1) is 0 Å². The Morgan fingerprint density at radius 3 is 2.96 bits per heavy atom. The van der Waals surface area contributed by atoms with Crippen molar-refractivity contribution in [1.29, 1.82) is 0 Å². The van der Waals surface area contributed by atoms with Gasteiger partial charge in [0.1, 0.15) is 17.9 Å². The van der Waals surface area contributed by atoms with Crippen LogP contribution in [0.4, 0.5) is 5.82 Å². The molecule has 0 radical (unpaired) electrons. The van der Waals surface area contributed by atoms with Gasteiger partial charge in [0.25, 0.3) is 0 Å². The van der Waals surface area contributed by atoms with Gasteiger partial charge in [0.15, 0.2) is 11.5 Å². The van der Waals surface area contributed by atoms with E-state index >= 15 is 0 Å². The number of H-pyrrole nitrogens is 2. The highest BCUT2D eigenvalue weighted by molar-refractivity contribution is 5.87. The third kappa shape index (κ3) is 2.43. The second-order valence-corrected chi connectivity index (χ2v) is 5.42. The lowest BCUT2D eigenvalue weighted by Crippen LogP contribution is -2.32. The standard InChI is InChI=1S/C16H14N6O2/c23-16(24)12(5-9-6-17-11-4-2-1-3-10(9)11)22-15-13-14(19-7-18-13)20-8-21-15/h1-4,6-8,12,17H,5H2,(H,23,24)(H2,18,19,20,21,22). The molecule has 0 bridgehead atoms. The van der Waals surface area contributed by atoms with Crippen molar-refractivity contribution in [2.75, 3.05) is 5.32 Å². The highest BCUT2D eigenvalue weighted by Gasteiger charge is 2.21. The highest BCUT2D eigenvalue weighted by Crippen LogP contribution is 2.21. The van der Waals surface area contributed by atoms with Crippen LogP contribution in [0.3, 0.4) is 0 Å². The van der Waals surface area contributed by atoms with Crippen LogP contribution in [0.5, 0.6) is 0 Å². The fourth-order valence-electron chi connectivity index (χ4n) is 2.76. The average Bonchev–Trinajstić information content (AvgIpc) is 3.21. The molecule has 0 saturated carbocycles. The Balaban J connectivity index is 1.65. The number of rotatable bonds is 5. The molecule has 0 fully saturated rings. The molecule has 3 aromatic heterocycles. The van der Waals surface area contributed by atoms with Gasteiger partial charge in [-0.05, 0) is 11.6 Å². The molecule has 24 heavy (non-hydrogen) atoms. The van der Waals surface area contributed by atoms with Crippen LogP contribution in [0.2, 0.25) is 0 Å². The summed E-state index contributed by atoms with van der Waals surface area (Å²) in [6, 6.07) is 6.97. The fraction of sp³-hybridized carbons (Fsp3) is 0.125. The SMILES string of the molecule is O=C(O)C(Cc1c[nH]c2ccccc12)Nc1ncnc2nc[nH]c12. The van der Waals surface area contributed by atoms with E-state index in [1.54, 1.807) is 0 Å². The van der Waals surface area contributed by atoms with E-state index in [1.807, 2.05) is 30.5 Å². The molecular weight excluding hydrogens is 308 g/mol. The molecule has 8 heteroatoms. The third-order valence-corrected chi connectivity index (χ3v) is 3.93. The first-order chi connectivity index (χ1) is 11.7. The van der Waals surface area contributed by atoms with E-state index in [0.717, 1.165) is 16.5 Å². The first-order valence-corrected chi connectivity index (χ1v) is 7.41. The molecule has 4 aromatic rings. The lowest BCUT2D eigenvalue weighted by Gasteiger charge is -2.15. The molecule has 1 atom stereocenters. The lowest BCUT2D eigenvalue weighted by atomic mass is 10.1. The zero-order valence-electron chi connectivity index (χ0n) is 12.5. The molecule has 120 valence electrons. The van der Waals surface area contributed by atoms with Crippen molar-refractivity contribution in [2.45, 2.75) is 12.5 Å². The van der Waals surface area contributed by atoms with E-state index < -0.39 is 12.0 Å². The van der Waals surface area contributed by atoms with Gasteiger partial charge in [-0.15, -0.1) is 0 Å². The molecular formula is C16H14N6O2. The van der Waals surface area contributed by atoms with Crippen molar-refractivity contribution >= 4 is 33.9 Å². The van der Waals surface area contributed by atoms with Gasteiger partial charge in [0.2, 0.25) is 0 Å². The predicted octanol–water partition coefficient (Wildman–Crippen LogP) is 1.94. The average molecular weight is 322 g/mol. The van der Waals surface area contributed by atoms with Crippen molar-refractivity contribution in [2.24, 2.45) is 0 Å². The summed E-state index contributed by atoms with van der Waals surface area (Å²) in [7, 11) is 0. The second kappa shape index (κ2) is 5.65. The molecule has 1 aromatic carbocycles. The number of carboxylic acids is 1. The summed E-state index contributed by atoms with van der Waals surface area (Å²) in [6.45, 7) is 0. The maximum absolute atomic E-state index is 11.7. The smallest absolute Gasteiger partial charge is 0.326 e. The number of carboxylic acid groups (broad SMARTS) is 1. The minimum absolute atomic E-state index is 0.318. The fourth-order valence-corrected chi connectivity index (χ4v) is 2.76. The lowest BCUT2D eigenvalue weighted by molar-refractivity contribution is -0.137. The molecule has 0 amide bonds. The van der Waals surface area contributed by atoms with Crippen molar-refractivity contribution < 1.29 is 9.90 Å². The summed E-state index contributed by atoms with van der Waals surface area (Å²) < 4.78 is 0. The normalized spacial score (nSPS) is 12.5. The van der Waals surface area contributed by atoms with E-state index in [4.69, 9.17) is 0 Å². The number of anilines is 1. The van der Waals surface area contributed by atoms with E-state index in [0.29, 0.717) is 23.4 Å². The van der Waals surface area contributed by atoms with Gasteiger partial charge in [-0.1, -0.05) is 18.2 Å². The molecule has 0 spiro atoms. The second-order valence-electron chi connectivity index (χ2n) is 5.42. The molecule has 0 aliphatic heterocycles. The van der Waals surface area contributed by atoms with E-state index in [-0.39, 0.29) is 0 Å². The van der Waals surface area contributed by atoms with Crippen LogP contribution in [-0.4, -0.2) is 42.0 Å². The molecule has 3 heterocycles. The van der Waals surface area contributed by atoms with Gasteiger partial charge in [-0.3, -0.25) is 0 Å². The topological polar surface area (TPSA) is 120 Å². The van der Waals surface area contributed by atoms with Crippen LogP contribution < -0.4 is 5.32 Å². The number of imidazole rings is 1. The number of aliphatic carboxylic acids is 1. The number of nitrogens with one attached hydrogen (secondary N) is 3. The maximum Gasteiger partial charge on any atom is 0.326 e. The molecule has 0 aliphatic rings. The number of fused-ring (bicyclic) bond motifs is 2. The Hall–Kier alpha value is -3.42. The van der Waals surface area contributed by atoms with Gasteiger partial charge < -0.3 is 20.4 Å². The number of benzene rings is 1. The Morgan fingerprint density at radius 1 is 1.21 bits per heavy atom. The molecule has 0 aliphatic carbocycles. The monoisotopic (exact) mass is 322 g/mol. The summed E-state index contributed by atoms with van der Waals surface area (Å²) in [5, 5.41) is 13.6. The third-order valence-electron chi connectivity index (χ3n) is 3.93. The molecule has 4 rings (SSSR count). The molecule has 1 unspecified atom stereocenters. The first-order valence-electron chi connectivity index (χ1n) is 7.41. The summed E-state index contributed by atoms with van der Waals surface area (Å²) in [6.07, 6.45) is 5.02.